The van der Waals surface area contributed by atoms with Crippen LogP contribution in [0, 0.1) is 11.8 Å². The number of rotatable bonds is 5. The van der Waals surface area contributed by atoms with Gasteiger partial charge in [0.15, 0.2) is 0 Å². The van der Waals surface area contributed by atoms with Crippen LogP contribution in [-0.4, -0.2) is 28.4 Å². The molecule has 0 saturated heterocycles. The highest BCUT2D eigenvalue weighted by atomic mass is 16.5. The Balaban J connectivity index is 4.77. The standard InChI is InChI=1S/C11H18N2O3/c1-6(2)10(7(3)4)16-11(15)9(13-12)8(5)14/h6-7,10H,1-5H3. The topological polar surface area (TPSA) is 79.8 Å². The van der Waals surface area contributed by atoms with E-state index in [9.17, 15) is 9.59 Å². The molecular weight excluding hydrogens is 208 g/mol. The fourth-order valence-corrected chi connectivity index (χ4v) is 1.48. The van der Waals surface area contributed by atoms with Crippen molar-refractivity contribution in [1.82, 2.24) is 0 Å². The Bertz CT molecular complexity index is 320. The molecule has 0 aromatic heterocycles. The molecule has 0 spiro atoms. The van der Waals surface area contributed by atoms with Gasteiger partial charge in [0, 0.05) is 6.92 Å². The molecule has 0 bridgehead atoms. The molecule has 0 radical (unpaired) electrons. The summed E-state index contributed by atoms with van der Waals surface area (Å²) in [6.45, 7) is 8.82. The van der Waals surface area contributed by atoms with E-state index in [0.717, 1.165) is 6.92 Å². The Hall–Kier alpha value is -1.48. The molecule has 0 unspecified atom stereocenters. The number of carbonyl (C=O) groups excluding carboxylic acids is 2. The molecule has 0 amide bonds. The van der Waals surface area contributed by atoms with E-state index in [-0.39, 0.29) is 17.9 Å². The average Bonchev–Trinajstić information content (AvgIpc) is 2.13. The van der Waals surface area contributed by atoms with Gasteiger partial charge in [0.25, 0.3) is 0 Å². The SMILES string of the molecule is CC(=O)C(=[N+]=[N-])C(=O)OC(C(C)C)C(C)C. The molecule has 0 rings (SSSR count). The van der Waals surface area contributed by atoms with Gasteiger partial charge in [-0.25, -0.2) is 4.79 Å². The summed E-state index contributed by atoms with van der Waals surface area (Å²) in [4.78, 5) is 25.1. The predicted octanol–water partition coefficient (Wildman–Crippen LogP) is 1.47. The molecule has 0 N–H and O–H groups in total. The second kappa shape index (κ2) is 6.18. The van der Waals surface area contributed by atoms with Gasteiger partial charge in [-0.15, -0.1) is 0 Å². The first-order valence-electron chi connectivity index (χ1n) is 5.25. The Morgan fingerprint density at radius 3 is 1.81 bits per heavy atom. The van der Waals surface area contributed by atoms with Crippen LogP contribution >= 0.6 is 0 Å². The normalized spacial score (nSPS) is 10.5. The van der Waals surface area contributed by atoms with Crippen LogP contribution in [0.2, 0.25) is 0 Å². The third-order valence-corrected chi connectivity index (χ3v) is 2.18. The first-order chi connectivity index (χ1) is 7.31. The minimum atomic E-state index is -0.873. The summed E-state index contributed by atoms with van der Waals surface area (Å²) in [5.74, 6) is -1.21. The van der Waals surface area contributed by atoms with Crippen molar-refractivity contribution < 1.29 is 19.1 Å². The van der Waals surface area contributed by atoms with E-state index < -0.39 is 17.5 Å². The zero-order valence-corrected chi connectivity index (χ0v) is 10.4. The number of Topliss-reactive ketones (excluding diaryl/α,β-unsaturated/α-hetero) is 1. The van der Waals surface area contributed by atoms with Crippen LogP contribution in [0.3, 0.4) is 0 Å². The minimum Gasteiger partial charge on any atom is -0.453 e. The molecule has 0 aliphatic rings. The van der Waals surface area contributed by atoms with Crippen LogP contribution in [0.4, 0.5) is 0 Å². The van der Waals surface area contributed by atoms with E-state index in [4.69, 9.17) is 10.3 Å². The lowest BCUT2D eigenvalue weighted by Crippen LogP contribution is -2.34. The molecule has 0 aromatic carbocycles. The second-order valence-corrected chi connectivity index (χ2v) is 4.36. The van der Waals surface area contributed by atoms with E-state index in [2.05, 4.69) is 4.79 Å². The molecule has 0 saturated carbocycles. The van der Waals surface area contributed by atoms with Crippen molar-refractivity contribution >= 4 is 17.5 Å². The number of ketones is 1. The first-order valence-corrected chi connectivity index (χ1v) is 5.25. The lowest BCUT2D eigenvalue weighted by atomic mass is 9.96. The summed E-state index contributed by atoms with van der Waals surface area (Å²) >= 11 is 0. The largest absolute Gasteiger partial charge is 0.453 e. The molecule has 0 aromatic rings. The Morgan fingerprint density at radius 2 is 1.56 bits per heavy atom. The third-order valence-electron chi connectivity index (χ3n) is 2.18. The minimum absolute atomic E-state index is 0.135. The van der Waals surface area contributed by atoms with Gasteiger partial charge in [-0.3, -0.25) is 4.79 Å². The average molecular weight is 226 g/mol. The summed E-state index contributed by atoms with van der Waals surface area (Å²) in [6.07, 6.45) is -0.302. The maximum atomic E-state index is 11.5. The Kier molecular flexibility index (Phi) is 5.61. The van der Waals surface area contributed by atoms with E-state index in [1.54, 1.807) is 0 Å². The molecule has 90 valence electrons. The number of hydrogen-bond acceptors (Lipinski definition) is 3. The monoisotopic (exact) mass is 226 g/mol. The van der Waals surface area contributed by atoms with Gasteiger partial charge in [0.05, 0.1) is 0 Å². The molecular formula is C11H18N2O3. The van der Waals surface area contributed by atoms with Crippen LogP contribution in [0.25, 0.3) is 5.53 Å². The van der Waals surface area contributed by atoms with Gasteiger partial charge in [0.2, 0.25) is 5.78 Å². The van der Waals surface area contributed by atoms with Crippen molar-refractivity contribution in [3.05, 3.63) is 5.53 Å². The molecule has 0 fully saturated rings. The number of carbonyl (C=O) groups is 2. The van der Waals surface area contributed by atoms with Gasteiger partial charge in [-0.2, -0.15) is 4.79 Å². The van der Waals surface area contributed by atoms with Crippen LogP contribution in [0.1, 0.15) is 34.6 Å². The van der Waals surface area contributed by atoms with E-state index in [1.165, 1.54) is 0 Å². The van der Waals surface area contributed by atoms with Gasteiger partial charge >= 0.3 is 11.7 Å². The molecule has 0 atom stereocenters. The zero-order chi connectivity index (χ0) is 12.9. The van der Waals surface area contributed by atoms with Crippen LogP contribution in [0.5, 0.6) is 0 Å². The number of esters is 1. The summed E-state index contributed by atoms with van der Waals surface area (Å²) in [6, 6.07) is 0. The van der Waals surface area contributed by atoms with Crippen LogP contribution in [-0.2, 0) is 14.3 Å². The summed E-state index contributed by atoms with van der Waals surface area (Å²) < 4.78 is 5.14. The molecule has 5 heteroatoms. The lowest BCUT2D eigenvalue weighted by Gasteiger charge is -2.23. The fourth-order valence-electron chi connectivity index (χ4n) is 1.48. The van der Waals surface area contributed by atoms with Crippen molar-refractivity contribution in [3.63, 3.8) is 0 Å². The lowest BCUT2D eigenvalue weighted by molar-refractivity contribution is -0.151. The Labute approximate surface area is 95.4 Å². The number of hydrogen-bond donors (Lipinski definition) is 0. The fraction of sp³-hybridized carbons (Fsp3) is 0.727. The van der Waals surface area contributed by atoms with Crippen molar-refractivity contribution in [2.75, 3.05) is 0 Å². The van der Waals surface area contributed by atoms with Crippen molar-refractivity contribution in [2.45, 2.75) is 40.7 Å². The van der Waals surface area contributed by atoms with E-state index in [1.807, 2.05) is 27.7 Å². The smallest absolute Gasteiger partial charge is 0.441 e. The molecule has 0 aliphatic heterocycles. The Morgan fingerprint density at radius 1 is 1.12 bits per heavy atom. The van der Waals surface area contributed by atoms with E-state index >= 15 is 0 Å². The van der Waals surface area contributed by atoms with E-state index in [0.29, 0.717) is 0 Å². The summed E-state index contributed by atoms with van der Waals surface area (Å²) in [7, 11) is 0. The van der Waals surface area contributed by atoms with Crippen molar-refractivity contribution in [3.8, 4) is 0 Å². The molecule has 0 heterocycles. The van der Waals surface area contributed by atoms with Crippen LogP contribution in [0.15, 0.2) is 0 Å². The third kappa shape index (κ3) is 3.95. The van der Waals surface area contributed by atoms with Crippen molar-refractivity contribution in [1.29, 1.82) is 0 Å². The molecule has 0 aliphatic carbocycles. The molecule has 5 nitrogen and oxygen atoms in total. The van der Waals surface area contributed by atoms with Gasteiger partial charge in [-0.05, 0) is 11.8 Å². The highest BCUT2D eigenvalue weighted by Crippen LogP contribution is 2.16. The predicted molar refractivity (Wildman–Crippen MR) is 58.9 cm³/mol. The maximum absolute atomic E-state index is 11.5. The number of ether oxygens (including phenoxy) is 1. The first kappa shape index (κ1) is 14.5. The van der Waals surface area contributed by atoms with Crippen molar-refractivity contribution in [2.24, 2.45) is 11.8 Å². The quantitative estimate of drug-likeness (QED) is 0.234. The zero-order valence-electron chi connectivity index (χ0n) is 10.4. The number of nitrogens with zero attached hydrogens (tertiary/aromatic N) is 2. The van der Waals surface area contributed by atoms with Gasteiger partial charge < -0.3 is 10.3 Å². The second-order valence-electron chi connectivity index (χ2n) is 4.36. The van der Waals surface area contributed by atoms with Gasteiger partial charge in [-0.1, -0.05) is 27.7 Å². The maximum Gasteiger partial charge on any atom is 0.441 e. The molecule has 16 heavy (non-hydrogen) atoms. The highest BCUT2D eigenvalue weighted by molar-refractivity contribution is 6.61. The van der Waals surface area contributed by atoms with Crippen LogP contribution < -0.4 is 0 Å². The summed E-state index contributed by atoms with van der Waals surface area (Å²) in [5, 5.41) is 0. The summed E-state index contributed by atoms with van der Waals surface area (Å²) in [5.41, 5.74) is 7.96. The highest BCUT2D eigenvalue weighted by Gasteiger charge is 2.32. The van der Waals surface area contributed by atoms with Gasteiger partial charge in [0.1, 0.15) is 6.10 Å².